The Bertz CT molecular complexity index is 1180. The molecule has 3 heterocycles. The molecular weight excluding hydrogens is 402 g/mol. The van der Waals surface area contributed by atoms with Crippen molar-refractivity contribution < 1.29 is 13.6 Å². The van der Waals surface area contributed by atoms with E-state index in [1.54, 1.807) is 0 Å². The summed E-state index contributed by atoms with van der Waals surface area (Å²) in [5.74, 6) is -2.85. The molecule has 1 N–H and O–H groups in total. The number of halogens is 2. The highest BCUT2D eigenvalue weighted by atomic mass is 19.3. The van der Waals surface area contributed by atoms with E-state index >= 15 is 0 Å². The first-order valence-corrected chi connectivity index (χ1v) is 10.8. The third-order valence-electron chi connectivity index (χ3n) is 6.47. The van der Waals surface area contributed by atoms with Gasteiger partial charge in [0.1, 0.15) is 5.56 Å². The standard InChI is InChI=1S/C23H24F2N4O2/c24-23(25)10-11-28(14-23)22(31)18-13-26-29-20(30)12-19(27-21(18)29)17-8-6-16(7-9-17)15-4-2-1-3-5-15/h6-9,12-13,15,26H,1-5,10-11,14H2. The van der Waals surface area contributed by atoms with E-state index < -0.39 is 18.4 Å². The van der Waals surface area contributed by atoms with Crippen LogP contribution in [0.3, 0.4) is 0 Å². The van der Waals surface area contributed by atoms with Crippen molar-refractivity contribution in [3.63, 3.8) is 0 Å². The van der Waals surface area contributed by atoms with Crippen molar-refractivity contribution >= 4 is 11.6 Å². The number of hydrogen-bond donors (Lipinski definition) is 1. The number of benzene rings is 1. The number of nitrogens with zero attached hydrogens (tertiary/aromatic N) is 3. The molecule has 1 saturated carbocycles. The second kappa shape index (κ2) is 7.59. The summed E-state index contributed by atoms with van der Waals surface area (Å²) < 4.78 is 28.3. The van der Waals surface area contributed by atoms with Crippen LogP contribution in [0.4, 0.5) is 8.78 Å². The highest BCUT2D eigenvalue weighted by Crippen LogP contribution is 2.33. The summed E-state index contributed by atoms with van der Waals surface area (Å²) in [5, 5.41) is 2.72. The molecule has 0 bridgehead atoms. The molecule has 1 amide bonds. The summed E-state index contributed by atoms with van der Waals surface area (Å²) >= 11 is 0. The number of amides is 1. The minimum Gasteiger partial charge on any atom is -0.332 e. The Morgan fingerprint density at radius 2 is 1.87 bits per heavy atom. The quantitative estimate of drug-likeness (QED) is 0.682. The van der Waals surface area contributed by atoms with Crippen LogP contribution in [-0.4, -0.2) is 44.4 Å². The predicted octanol–water partition coefficient (Wildman–Crippen LogP) is 4.22. The largest absolute Gasteiger partial charge is 0.332 e. The molecule has 162 valence electrons. The third kappa shape index (κ3) is 3.75. The second-order valence-corrected chi connectivity index (χ2v) is 8.62. The van der Waals surface area contributed by atoms with Crippen LogP contribution in [0.2, 0.25) is 0 Å². The zero-order valence-electron chi connectivity index (χ0n) is 17.1. The first kappa shape index (κ1) is 19.9. The van der Waals surface area contributed by atoms with E-state index in [4.69, 9.17) is 0 Å². The van der Waals surface area contributed by atoms with Crippen molar-refractivity contribution in [3.05, 3.63) is 58.0 Å². The molecule has 1 aliphatic carbocycles. The number of hydrogen-bond acceptors (Lipinski definition) is 3. The molecular formula is C23H24F2N4O2. The van der Waals surface area contributed by atoms with Crippen molar-refractivity contribution in [1.82, 2.24) is 19.5 Å². The number of alkyl halides is 2. The van der Waals surface area contributed by atoms with Crippen molar-refractivity contribution in [2.24, 2.45) is 0 Å². The Balaban J connectivity index is 1.47. The van der Waals surface area contributed by atoms with Gasteiger partial charge >= 0.3 is 0 Å². The molecule has 5 rings (SSSR count). The number of carbonyl (C=O) groups excluding carboxylic acids is 1. The lowest BCUT2D eigenvalue weighted by atomic mass is 9.84. The number of aromatic nitrogens is 3. The molecule has 1 aliphatic heterocycles. The molecule has 6 nitrogen and oxygen atoms in total. The number of aromatic amines is 1. The summed E-state index contributed by atoms with van der Waals surface area (Å²) in [6.07, 6.45) is 7.23. The van der Waals surface area contributed by atoms with Gasteiger partial charge in [0.05, 0.1) is 12.2 Å². The molecule has 2 aromatic heterocycles. The van der Waals surface area contributed by atoms with E-state index in [1.807, 2.05) is 12.1 Å². The minimum absolute atomic E-state index is 0.0181. The molecule has 0 atom stereocenters. The van der Waals surface area contributed by atoms with Crippen molar-refractivity contribution in [3.8, 4) is 11.3 Å². The predicted molar refractivity (Wildman–Crippen MR) is 113 cm³/mol. The van der Waals surface area contributed by atoms with Gasteiger partial charge in [0.15, 0.2) is 5.65 Å². The van der Waals surface area contributed by atoms with Gasteiger partial charge in [-0.15, -0.1) is 0 Å². The molecule has 1 saturated heterocycles. The molecule has 0 radical (unpaired) electrons. The van der Waals surface area contributed by atoms with Gasteiger partial charge in [0.2, 0.25) is 0 Å². The average Bonchev–Trinajstić information content (AvgIpc) is 3.37. The molecule has 2 fully saturated rings. The normalized spacial score (nSPS) is 19.2. The number of likely N-dealkylation sites (tertiary alicyclic amines) is 1. The Morgan fingerprint density at radius 1 is 1.13 bits per heavy atom. The maximum atomic E-state index is 13.6. The van der Waals surface area contributed by atoms with Gasteiger partial charge in [-0.2, -0.15) is 0 Å². The van der Waals surface area contributed by atoms with Crippen molar-refractivity contribution in [2.75, 3.05) is 13.1 Å². The van der Waals surface area contributed by atoms with Crippen LogP contribution in [-0.2, 0) is 0 Å². The van der Waals surface area contributed by atoms with Gasteiger partial charge < -0.3 is 4.90 Å². The van der Waals surface area contributed by atoms with Gasteiger partial charge in [-0.05, 0) is 24.3 Å². The molecule has 0 unspecified atom stereocenters. The summed E-state index contributed by atoms with van der Waals surface area (Å²) in [6, 6.07) is 9.50. The summed E-state index contributed by atoms with van der Waals surface area (Å²) in [7, 11) is 0. The minimum atomic E-state index is -2.88. The molecule has 3 aromatic rings. The van der Waals surface area contributed by atoms with E-state index in [9.17, 15) is 18.4 Å². The number of carbonyl (C=O) groups is 1. The van der Waals surface area contributed by atoms with E-state index in [0.29, 0.717) is 11.6 Å². The summed E-state index contributed by atoms with van der Waals surface area (Å²) in [5.41, 5.74) is 2.46. The van der Waals surface area contributed by atoms with Gasteiger partial charge in [-0.1, -0.05) is 43.5 Å². The van der Waals surface area contributed by atoms with Crippen LogP contribution < -0.4 is 5.56 Å². The highest BCUT2D eigenvalue weighted by molar-refractivity contribution is 6.00. The lowest BCUT2D eigenvalue weighted by Gasteiger charge is -2.22. The smallest absolute Gasteiger partial charge is 0.273 e. The SMILES string of the molecule is O=C(c1c[nH]n2c(=O)cc(-c3ccc(C4CCCCC4)cc3)nc12)N1CCC(F)(F)C1. The van der Waals surface area contributed by atoms with Crippen LogP contribution in [0.25, 0.3) is 16.9 Å². The average molecular weight is 426 g/mol. The maximum absolute atomic E-state index is 13.6. The molecule has 31 heavy (non-hydrogen) atoms. The van der Waals surface area contributed by atoms with Crippen LogP contribution in [0.5, 0.6) is 0 Å². The Kier molecular flexibility index (Phi) is 4.87. The fourth-order valence-electron chi connectivity index (χ4n) is 4.73. The third-order valence-corrected chi connectivity index (χ3v) is 6.47. The summed E-state index contributed by atoms with van der Waals surface area (Å²) in [4.78, 5) is 31.0. The molecule has 1 aromatic carbocycles. The number of rotatable bonds is 3. The van der Waals surface area contributed by atoms with Gasteiger partial charge in [-0.25, -0.2) is 18.3 Å². The first-order chi connectivity index (χ1) is 14.9. The topological polar surface area (TPSA) is 70.5 Å². The Labute approximate surface area is 177 Å². The Hall–Kier alpha value is -3.03. The zero-order valence-corrected chi connectivity index (χ0v) is 17.1. The van der Waals surface area contributed by atoms with E-state index in [2.05, 4.69) is 22.2 Å². The fourth-order valence-corrected chi connectivity index (χ4v) is 4.73. The zero-order chi connectivity index (χ0) is 21.6. The van der Waals surface area contributed by atoms with Gasteiger partial charge in [0, 0.05) is 30.8 Å². The van der Waals surface area contributed by atoms with Crippen LogP contribution in [0.15, 0.2) is 41.3 Å². The molecule has 2 aliphatic rings. The van der Waals surface area contributed by atoms with Crippen LogP contribution >= 0.6 is 0 Å². The lowest BCUT2D eigenvalue weighted by Crippen LogP contribution is -2.31. The maximum Gasteiger partial charge on any atom is 0.273 e. The second-order valence-electron chi connectivity index (χ2n) is 8.62. The number of H-pyrrole nitrogens is 1. The fraction of sp³-hybridized carbons (Fsp3) is 0.435. The lowest BCUT2D eigenvalue weighted by molar-refractivity contribution is 0.0120. The van der Waals surface area contributed by atoms with E-state index in [0.717, 1.165) is 10.5 Å². The first-order valence-electron chi connectivity index (χ1n) is 10.8. The van der Waals surface area contributed by atoms with E-state index in [-0.39, 0.29) is 29.7 Å². The van der Waals surface area contributed by atoms with Gasteiger partial charge in [-0.3, -0.25) is 14.7 Å². The van der Waals surface area contributed by atoms with Crippen LogP contribution in [0, 0.1) is 0 Å². The van der Waals surface area contributed by atoms with Gasteiger partial charge in [0.25, 0.3) is 17.4 Å². The van der Waals surface area contributed by atoms with Crippen molar-refractivity contribution in [1.29, 1.82) is 0 Å². The van der Waals surface area contributed by atoms with Crippen LogP contribution in [0.1, 0.15) is 60.4 Å². The van der Waals surface area contributed by atoms with Crippen molar-refractivity contribution in [2.45, 2.75) is 50.4 Å². The number of nitrogens with one attached hydrogen (secondary N) is 1. The number of fused-ring (bicyclic) bond motifs is 1. The Morgan fingerprint density at radius 3 is 2.55 bits per heavy atom. The van der Waals surface area contributed by atoms with E-state index in [1.165, 1.54) is 54.4 Å². The summed E-state index contributed by atoms with van der Waals surface area (Å²) in [6.45, 7) is -0.633. The molecule has 0 spiro atoms. The highest BCUT2D eigenvalue weighted by Gasteiger charge is 2.41. The monoisotopic (exact) mass is 426 g/mol. The molecule has 8 heteroatoms.